The molecule has 7 nitrogen and oxygen atoms in total. The lowest BCUT2D eigenvalue weighted by Crippen LogP contribution is -2.29. The van der Waals surface area contributed by atoms with Crippen LogP contribution in [0.2, 0.25) is 0 Å². The number of hydrogen-bond acceptors (Lipinski definition) is 5. The largest absolute Gasteiger partial charge is 0.494 e. The second kappa shape index (κ2) is 10.9. The number of anilines is 2. The molecule has 4 rings (SSSR count). The van der Waals surface area contributed by atoms with Gasteiger partial charge in [-0.15, -0.1) is 0 Å². The van der Waals surface area contributed by atoms with Gasteiger partial charge in [0.05, 0.1) is 23.4 Å². The SMILES string of the molecule is CCOc1ccc(N2C(=O)c3ccc(C(=O)NCCCCN(C)c4ccccc4)cc3C2=O)cc1. The number of benzene rings is 3. The van der Waals surface area contributed by atoms with Gasteiger partial charge in [0.15, 0.2) is 0 Å². The van der Waals surface area contributed by atoms with Crippen LogP contribution in [0.25, 0.3) is 0 Å². The Morgan fingerprint density at radius 3 is 2.34 bits per heavy atom. The fourth-order valence-electron chi connectivity index (χ4n) is 4.06. The summed E-state index contributed by atoms with van der Waals surface area (Å²) < 4.78 is 5.43. The minimum absolute atomic E-state index is 0.237. The van der Waals surface area contributed by atoms with Crippen molar-refractivity contribution in [2.45, 2.75) is 19.8 Å². The molecule has 0 unspecified atom stereocenters. The summed E-state index contributed by atoms with van der Waals surface area (Å²) in [6, 6.07) is 21.6. The number of carbonyl (C=O) groups excluding carboxylic acids is 3. The zero-order chi connectivity index (χ0) is 24.8. The number of carbonyl (C=O) groups is 3. The molecule has 1 heterocycles. The summed E-state index contributed by atoms with van der Waals surface area (Å²) in [4.78, 5) is 41.8. The third kappa shape index (κ3) is 5.35. The molecule has 0 atom stereocenters. The molecule has 3 aromatic rings. The Morgan fingerprint density at radius 2 is 1.63 bits per heavy atom. The van der Waals surface area contributed by atoms with Crippen LogP contribution in [0.5, 0.6) is 5.75 Å². The van der Waals surface area contributed by atoms with E-state index in [9.17, 15) is 14.4 Å². The number of nitrogens with one attached hydrogen (secondary N) is 1. The van der Waals surface area contributed by atoms with Gasteiger partial charge in [0.25, 0.3) is 17.7 Å². The number of ether oxygens (including phenoxy) is 1. The van der Waals surface area contributed by atoms with Crippen LogP contribution >= 0.6 is 0 Å². The molecule has 3 amide bonds. The summed E-state index contributed by atoms with van der Waals surface area (Å²) in [6.45, 7) is 3.83. The van der Waals surface area contributed by atoms with Crippen LogP contribution in [-0.4, -0.2) is 44.5 Å². The van der Waals surface area contributed by atoms with Crippen LogP contribution < -0.4 is 19.9 Å². The molecule has 0 aliphatic carbocycles. The molecule has 0 spiro atoms. The van der Waals surface area contributed by atoms with E-state index in [1.165, 1.54) is 6.07 Å². The Bertz CT molecular complexity index is 1210. The van der Waals surface area contributed by atoms with E-state index < -0.39 is 11.8 Å². The number of nitrogens with zero attached hydrogens (tertiary/aromatic N) is 2. The van der Waals surface area contributed by atoms with Gasteiger partial charge >= 0.3 is 0 Å². The average Bonchev–Trinajstić information content (AvgIpc) is 3.14. The maximum absolute atomic E-state index is 13.0. The fourth-order valence-corrected chi connectivity index (χ4v) is 4.06. The molecule has 0 aromatic heterocycles. The van der Waals surface area contributed by atoms with Crippen LogP contribution in [0.4, 0.5) is 11.4 Å². The Balaban J connectivity index is 1.33. The van der Waals surface area contributed by atoms with Gasteiger partial charge < -0.3 is 15.0 Å². The van der Waals surface area contributed by atoms with Crippen LogP contribution in [0.3, 0.4) is 0 Å². The first-order valence-electron chi connectivity index (χ1n) is 11.8. The molecule has 1 N–H and O–H groups in total. The van der Waals surface area contributed by atoms with E-state index in [4.69, 9.17) is 4.74 Å². The zero-order valence-electron chi connectivity index (χ0n) is 20.0. The Morgan fingerprint density at radius 1 is 0.914 bits per heavy atom. The van der Waals surface area contributed by atoms with Crippen molar-refractivity contribution in [2.75, 3.05) is 36.5 Å². The first-order chi connectivity index (χ1) is 17.0. The number of rotatable bonds is 10. The first kappa shape index (κ1) is 24.0. The van der Waals surface area contributed by atoms with Crippen LogP contribution in [0, 0.1) is 0 Å². The number of unbranched alkanes of at least 4 members (excludes halogenated alkanes) is 1. The van der Waals surface area contributed by atoms with Gasteiger partial charge in [-0.2, -0.15) is 0 Å². The van der Waals surface area contributed by atoms with E-state index in [2.05, 4.69) is 22.3 Å². The van der Waals surface area contributed by atoms with Gasteiger partial charge in [0, 0.05) is 31.4 Å². The minimum Gasteiger partial charge on any atom is -0.494 e. The Labute approximate surface area is 205 Å². The lowest BCUT2D eigenvalue weighted by molar-refractivity contribution is 0.0923. The van der Waals surface area contributed by atoms with Crippen molar-refractivity contribution in [3.05, 3.63) is 89.5 Å². The maximum Gasteiger partial charge on any atom is 0.266 e. The molecular weight excluding hydrogens is 442 g/mol. The summed E-state index contributed by atoms with van der Waals surface area (Å²) in [5.41, 5.74) is 2.52. The summed E-state index contributed by atoms with van der Waals surface area (Å²) in [6.07, 6.45) is 1.76. The summed E-state index contributed by atoms with van der Waals surface area (Å²) in [7, 11) is 2.05. The quantitative estimate of drug-likeness (QED) is 0.347. The molecule has 35 heavy (non-hydrogen) atoms. The second-order valence-corrected chi connectivity index (χ2v) is 8.35. The highest BCUT2D eigenvalue weighted by atomic mass is 16.5. The number of amides is 3. The lowest BCUT2D eigenvalue weighted by Gasteiger charge is -2.19. The molecule has 7 heteroatoms. The van der Waals surface area contributed by atoms with Crippen LogP contribution in [0.15, 0.2) is 72.8 Å². The third-order valence-corrected chi connectivity index (χ3v) is 5.96. The molecule has 1 aliphatic heterocycles. The normalized spacial score (nSPS) is 12.5. The van der Waals surface area contributed by atoms with E-state index in [1.54, 1.807) is 36.4 Å². The number of fused-ring (bicyclic) bond motifs is 1. The van der Waals surface area contributed by atoms with Crippen molar-refractivity contribution in [3.63, 3.8) is 0 Å². The van der Waals surface area contributed by atoms with Gasteiger partial charge in [-0.25, -0.2) is 4.90 Å². The van der Waals surface area contributed by atoms with E-state index in [0.29, 0.717) is 35.7 Å². The smallest absolute Gasteiger partial charge is 0.266 e. The highest BCUT2D eigenvalue weighted by Crippen LogP contribution is 2.30. The van der Waals surface area contributed by atoms with Crippen molar-refractivity contribution < 1.29 is 19.1 Å². The van der Waals surface area contributed by atoms with Gasteiger partial charge in [-0.05, 0) is 74.4 Å². The zero-order valence-corrected chi connectivity index (χ0v) is 20.0. The predicted molar refractivity (Wildman–Crippen MR) is 136 cm³/mol. The number of hydrogen-bond donors (Lipinski definition) is 1. The highest BCUT2D eigenvalue weighted by molar-refractivity contribution is 6.34. The topological polar surface area (TPSA) is 79.0 Å². The second-order valence-electron chi connectivity index (χ2n) is 8.35. The van der Waals surface area contributed by atoms with Crippen molar-refractivity contribution >= 4 is 29.1 Å². The molecule has 3 aromatic carbocycles. The standard InChI is InChI=1S/C28H29N3O4/c1-3-35-23-14-12-22(13-15-23)31-27(33)24-16-11-20(19-25(24)28(31)34)26(32)29-17-7-8-18-30(2)21-9-5-4-6-10-21/h4-6,9-16,19H,3,7-8,17-18H2,1-2H3,(H,29,32). The highest BCUT2D eigenvalue weighted by Gasteiger charge is 2.37. The molecule has 0 saturated carbocycles. The van der Waals surface area contributed by atoms with E-state index in [1.807, 2.05) is 32.2 Å². The van der Waals surface area contributed by atoms with Crippen LogP contribution in [-0.2, 0) is 0 Å². The third-order valence-electron chi connectivity index (χ3n) is 5.96. The van der Waals surface area contributed by atoms with Crippen molar-refractivity contribution in [3.8, 4) is 5.75 Å². The van der Waals surface area contributed by atoms with Crippen molar-refractivity contribution in [1.82, 2.24) is 5.32 Å². The van der Waals surface area contributed by atoms with Gasteiger partial charge in [-0.3, -0.25) is 14.4 Å². The number of imide groups is 1. The van der Waals surface area contributed by atoms with Gasteiger partial charge in [0.1, 0.15) is 5.75 Å². The van der Waals surface area contributed by atoms with E-state index in [-0.39, 0.29) is 11.5 Å². The van der Waals surface area contributed by atoms with Crippen molar-refractivity contribution in [2.24, 2.45) is 0 Å². The molecule has 0 bridgehead atoms. The Kier molecular flexibility index (Phi) is 7.45. The molecule has 0 radical (unpaired) electrons. The molecular formula is C28H29N3O4. The van der Waals surface area contributed by atoms with E-state index in [0.717, 1.165) is 30.0 Å². The summed E-state index contributed by atoms with van der Waals surface area (Å²) in [5, 5.41) is 2.91. The first-order valence-corrected chi connectivity index (χ1v) is 11.8. The van der Waals surface area contributed by atoms with Crippen molar-refractivity contribution in [1.29, 1.82) is 0 Å². The Hall–Kier alpha value is -4.13. The van der Waals surface area contributed by atoms with Gasteiger partial charge in [-0.1, -0.05) is 18.2 Å². The molecule has 180 valence electrons. The molecule has 1 aliphatic rings. The fraction of sp³-hybridized carbons (Fsp3) is 0.250. The van der Waals surface area contributed by atoms with Gasteiger partial charge in [0.2, 0.25) is 0 Å². The van der Waals surface area contributed by atoms with E-state index >= 15 is 0 Å². The van der Waals surface area contributed by atoms with Crippen LogP contribution in [0.1, 0.15) is 50.8 Å². The molecule has 0 saturated heterocycles. The summed E-state index contributed by atoms with van der Waals surface area (Å²) in [5.74, 6) is -0.432. The number of para-hydroxylation sites is 1. The molecule has 0 fully saturated rings. The summed E-state index contributed by atoms with van der Waals surface area (Å²) >= 11 is 0. The predicted octanol–water partition coefficient (Wildman–Crippen LogP) is 4.53. The maximum atomic E-state index is 13.0. The lowest BCUT2D eigenvalue weighted by atomic mass is 10.1. The average molecular weight is 472 g/mol. The monoisotopic (exact) mass is 471 g/mol. The minimum atomic E-state index is -0.437.